The molecule has 0 bridgehead atoms. The average molecular weight is 212 g/mol. The highest BCUT2D eigenvalue weighted by Crippen LogP contribution is 2.30. The largest absolute Gasteiger partial charge is 0.346 e. The summed E-state index contributed by atoms with van der Waals surface area (Å²) in [5.74, 6) is 0.529. The van der Waals surface area contributed by atoms with E-state index in [1.54, 1.807) is 0 Å². The third kappa shape index (κ3) is 3.06. The van der Waals surface area contributed by atoms with Crippen LogP contribution in [0.1, 0.15) is 32.3 Å². The summed E-state index contributed by atoms with van der Waals surface area (Å²) in [5, 5.41) is 0.881. The van der Waals surface area contributed by atoms with Gasteiger partial charge in [-0.15, -0.1) is 0 Å². The number of hydrogen-bond donors (Lipinski definition) is 1. The fourth-order valence-electron chi connectivity index (χ4n) is 1.18. The maximum atomic E-state index is 9.59. The van der Waals surface area contributed by atoms with Gasteiger partial charge < -0.3 is 9.42 Å². The Morgan fingerprint density at radius 1 is 1.29 bits per heavy atom. The van der Waals surface area contributed by atoms with E-state index in [2.05, 4.69) is 13.8 Å². The van der Waals surface area contributed by atoms with Gasteiger partial charge in [0.2, 0.25) is 8.38 Å². The van der Waals surface area contributed by atoms with E-state index >= 15 is 0 Å². The predicted molar refractivity (Wildman–Crippen MR) is 60.9 cm³/mol. The van der Waals surface area contributed by atoms with Crippen LogP contribution < -0.4 is 5.30 Å². The predicted octanol–water partition coefficient (Wildman–Crippen LogP) is 2.78. The van der Waals surface area contributed by atoms with E-state index in [-0.39, 0.29) is 0 Å². The van der Waals surface area contributed by atoms with Crippen molar-refractivity contribution < 1.29 is 9.42 Å². The molecule has 0 fully saturated rings. The van der Waals surface area contributed by atoms with E-state index < -0.39 is 8.38 Å². The Morgan fingerprint density at radius 2 is 1.86 bits per heavy atom. The summed E-state index contributed by atoms with van der Waals surface area (Å²) in [5.41, 5.74) is 1.29. The summed E-state index contributed by atoms with van der Waals surface area (Å²) >= 11 is 0. The second-order valence-corrected chi connectivity index (χ2v) is 4.76. The minimum atomic E-state index is -1.41. The number of benzene rings is 1. The smallest absolute Gasteiger partial charge is 0.202 e. The molecular weight excluding hydrogens is 195 g/mol. The van der Waals surface area contributed by atoms with Crippen molar-refractivity contribution in [2.75, 3.05) is 6.61 Å². The molecule has 1 unspecified atom stereocenters. The molecule has 1 aromatic rings. The van der Waals surface area contributed by atoms with Crippen LogP contribution in [0.15, 0.2) is 24.3 Å². The van der Waals surface area contributed by atoms with E-state index in [4.69, 9.17) is 4.52 Å². The first-order valence-corrected chi connectivity index (χ1v) is 6.08. The van der Waals surface area contributed by atoms with Crippen LogP contribution in [-0.4, -0.2) is 11.5 Å². The summed E-state index contributed by atoms with van der Waals surface area (Å²) in [6.45, 7) is 6.74. The SMILES string of the molecule is CCOP(O)c1ccc(C(C)C)cc1. The molecule has 0 aliphatic heterocycles. The molecule has 14 heavy (non-hydrogen) atoms. The normalized spacial score (nSPS) is 13.2. The standard InChI is InChI=1S/C11H17O2P/c1-4-13-14(12)11-7-5-10(6-8-11)9(2)3/h5-9,12H,4H2,1-3H3. The quantitative estimate of drug-likeness (QED) is 0.777. The van der Waals surface area contributed by atoms with E-state index in [1.807, 2.05) is 31.2 Å². The zero-order chi connectivity index (χ0) is 10.6. The van der Waals surface area contributed by atoms with Gasteiger partial charge in [-0.25, -0.2) is 0 Å². The summed E-state index contributed by atoms with van der Waals surface area (Å²) < 4.78 is 5.15. The Kier molecular flexibility index (Phi) is 4.53. The van der Waals surface area contributed by atoms with Crippen molar-refractivity contribution in [3.63, 3.8) is 0 Å². The van der Waals surface area contributed by atoms with Crippen LogP contribution in [0, 0.1) is 0 Å². The Labute approximate surface area is 86.8 Å². The molecule has 1 N–H and O–H groups in total. The van der Waals surface area contributed by atoms with E-state index in [0.717, 1.165) is 5.30 Å². The zero-order valence-electron chi connectivity index (χ0n) is 8.90. The Balaban J connectivity index is 2.72. The highest BCUT2D eigenvalue weighted by molar-refractivity contribution is 7.55. The van der Waals surface area contributed by atoms with Crippen molar-refractivity contribution in [1.82, 2.24) is 0 Å². The van der Waals surface area contributed by atoms with Crippen molar-refractivity contribution in [2.45, 2.75) is 26.7 Å². The van der Waals surface area contributed by atoms with Gasteiger partial charge in [0.05, 0.1) is 6.61 Å². The molecule has 3 heteroatoms. The maximum absolute atomic E-state index is 9.59. The summed E-state index contributed by atoms with van der Waals surface area (Å²) in [6.07, 6.45) is 0. The third-order valence-corrected chi connectivity index (χ3v) is 3.27. The highest BCUT2D eigenvalue weighted by atomic mass is 31.2. The van der Waals surface area contributed by atoms with Crippen LogP contribution in [0.4, 0.5) is 0 Å². The van der Waals surface area contributed by atoms with Crippen molar-refractivity contribution in [3.05, 3.63) is 29.8 Å². The minimum absolute atomic E-state index is 0.529. The van der Waals surface area contributed by atoms with Gasteiger partial charge in [0.25, 0.3) is 0 Å². The van der Waals surface area contributed by atoms with Crippen molar-refractivity contribution in [2.24, 2.45) is 0 Å². The first-order valence-electron chi connectivity index (χ1n) is 4.87. The molecule has 78 valence electrons. The molecule has 0 spiro atoms. The van der Waals surface area contributed by atoms with Gasteiger partial charge in [-0.05, 0) is 30.5 Å². The molecule has 0 saturated heterocycles. The minimum Gasteiger partial charge on any atom is -0.346 e. The third-order valence-electron chi connectivity index (χ3n) is 2.03. The summed E-state index contributed by atoms with van der Waals surface area (Å²) in [4.78, 5) is 9.59. The Bertz CT molecular complexity index is 269. The molecule has 1 atom stereocenters. The van der Waals surface area contributed by atoms with Crippen LogP contribution in [0.2, 0.25) is 0 Å². The molecule has 0 radical (unpaired) electrons. The fourth-order valence-corrected chi connectivity index (χ4v) is 1.98. The molecule has 1 rings (SSSR count). The molecular formula is C11H17O2P. The monoisotopic (exact) mass is 212 g/mol. The van der Waals surface area contributed by atoms with Gasteiger partial charge in [0.1, 0.15) is 0 Å². The van der Waals surface area contributed by atoms with Gasteiger partial charge in [0, 0.05) is 5.30 Å². The van der Waals surface area contributed by atoms with Crippen LogP contribution in [-0.2, 0) is 4.52 Å². The number of rotatable bonds is 4. The van der Waals surface area contributed by atoms with Crippen molar-refractivity contribution in [1.29, 1.82) is 0 Å². The lowest BCUT2D eigenvalue weighted by Crippen LogP contribution is -2.03. The molecule has 0 saturated carbocycles. The lowest BCUT2D eigenvalue weighted by atomic mass is 10.0. The van der Waals surface area contributed by atoms with Crippen molar-refractivity contribution >= 4 is 13.7 Å². The molecule has 0 aromatic heterocycles. The van der Waals surface area contributed by atoms with Crippen molar-refractivity contribution in [3.8, 4) is 0 Å². The van der Waals surface area contributed by atoms with Gasteiger partial charge in [-0.3, -0.25) is 0 Å². The maximum Gasteiger partial charge on any atom is 0.202 e. The van der Waals surface area contributed by atoms with Crippen LogP contribution in [0.25, 0.3) is 0 Å². The first-order chi connectivity index (χ1) is 6.65. The lowest BCUT2D eigenvalue weighted by Gasteiger charge is -2.11. The average Bonchev–Trinajstić information content (AvgIpc) is 2.18. The Hall–Kier alpha value is -0.430. The van der Waals surface area contributed by atoms with E-state index in [1.165, 1.54) is 5.56 Å². The van der Waals surface area contributed by atoms with E-state index in [0.29, 0.717) is 12.5 Å². The molecule has 2 nitrogen and oxygen atoms in total. The molecule has 0 aliphatic rings. The van der Waals surface area contributed by atoms with Crippen LogP contribution in [0.3, 0.4) is 0 Å². The van der Waals surface area contributed by atoms with E-state index in [9.17, 15) is 4.89 Å². The summed E-state index contributed by atoms with van der Waals surface area (Å²) in [6, 6.07) is 7.97. The second-order valence-electron chi connectivity index (χ2n) is 3.44. The lowest BCUT2D eigenvalue weighted by molar-refractivity contribution is 0.337. The van der Waals surface area contributed by atoms with Gasteiger partial charge in [-0.2, -0.15) is 0 Å². The molecule has 1 aromatic carbocycles. The number of hydrogen-bond acceptors (Lipinski definition) is 2. The molecule has 0 amide bonds. The fraction of sp³-hybridized carbons (Fsp3) is 0.455. The van der Waals surface area contributed by atoms with Gasteiger partial charge >= 0.3 is 0 Å². The zero-order valence-corrected chi connectivity index (χ0v) is 9.79. The molecule has 0 aliphatic carbocycles. The molecule has 0 heterocycles. The van der Waals surface area contributed by atoms with Gasteiger partial charge in [0.15, 0.2) is 0 Å². The second kappa shape index (κ2) is 5.45. The van der Waals surface area contributed by atoms with Gasteiger partial charge in [-0.1, -0.05) is 26.0 Å². The van der Waals surface area contributed by atoms with Crippen LogP contribution >= 0.6 is 8.38 Å². The first kappa shape index (κ1) is 11.6. The highest BCUT2D eigenvalue weighted by Gasteiger charge is 2.08. The topological polar surface area (TPSA) is 29.5 Å². The van der Waals surface area contributed by atoms with Crippen LogP contribution in [0.5, 0.6) is 0 Å². The Morgan fingerprint density at radius 3 is 2.29 bits per heavy atom. The summed E-state index contributed by atoms with van der Waals surface area (Å²) in [7, 11) is -1.41.